The summed E-state index contributed by atoms with van der Waals surface area (Å²) in [5, 5.41) is 11.1. The number of fused-ring (bicyclic) bond motifs is 1. The van der Waals surface area contributed by atoms with Crippen LogP contribution in [0.4, 0.5) is 0 Å². The molecule has 0 heterocycles. The third-order valence-corrected chi connectivity index (χ3v) is 5.56. The summed E-state index contributed by atoms with van der Waals surface area (Å²) in [7, 11) is 0. The molecule has 3 N–H and O–H groups in total. The SMILES string of the molecule is CCC(C)C(C)(O)C1(CN)CCc2ccccc2C1. The van der Waals surface area contributed by atoms with Crippen molar-refractivity contribution < 1.29 is 5.11 Å². The monoisotopic (exact) mass is 261 g/mol. The van der Waals surface area contributed by atoms with Gasteiger partial charge in [0, 0.05) is 12.0 Å². The molecule has 2 rings (SSSR count). The maximum atomic E-state index is 11.1. The summed E-state index contributed by atoms with van der Waals surface area (Å²) in [6, 6.07) is 8.57. The highest BCUT2D eigenvalue weighted by Crippen LogP contribution is 2.46. The molecule has 0 amide bonds. The van der Waals surface area contributed by atoms with E-state index in [1.165, 1.54) is 11.1 Å². The van der Waals surface area contributed by atoms with Gasteiger partial charge < -0.3 is 10.8 Å². The van der Waals surface area contributed by atoms with Crippen molar-refractivity contribution in [1.29, 1.82) is 0 Å². The van der Waals surface area contributed by atoms with Crippen LogP contribution in [0.1, 0.15) is 44.7 Å². The first-order valence-electron chi connectivity index (χ1n) is 7.46. The molecule has 1 aliphatic rings. The van der Waals surface area contributed by atoms with Gasteiger partial charge in [0.15, 0.2) is 0 Å². The molecule has 0 saturated heterocycles. The zero-order valence-electron chi connectivity index (χ0n) is 12.4. The minimum absolute atomic E-state index is 0.184. The van der Waals surface area contributed by atoms with E-state index in [9.17, 15) is 5.11 Å². The summed E-state index contributed by atoms with van der Waals surface area (Å²) < 4.78 is 0. The molecule has 0 saturated carbocycles. The van der Waals surface area contributed by atoms with E-state index in [-0.39, 0.29) is 11.3 Å². The van der Waals surface area contributed by atoms with Gasteiger partial charge in [-0.15, -0.1) is 0 Å². The van der Waals surface area contributed by atoms with Crippen LogP contribution in [0.25, 0.3) is 0 Å². The molecule has 0 bridgehead atoms. The van der Waals surface area contributed by atoms with Crippen molar-refractivity contribution in [1.82, 2.24) is 0 Å². The van der Waals surface area contributed by atoms with Crippen LogP contribution < -0.4 is 5.73 Å². The molecule has 3 unspecified atom stereocenters. The van der Waals surface area contributed by atoms with E-state index in [0.717, 1.165) is 25.7 Å². The quantitative estimate of drug-likeness (QED) is 0.875. The molecule has 19 heavy (non-hydrogen) atoms. The summed E-state index contributed by atoms with van der Waals surface area (Å²) in [5.41, 5.74) is 8.01. The Morgan fingerprint density at radius 2 is 2.00 bits per heavy atom. The zero-order valence-corrected chi connectivity index (χ0v) is 12.4. The van der Waals surface area contributed by atoms with Crippen LogP contribution in [0.2, 0.25) is 0 Å². The number of nitrogens with two attached hydrogens (primary N) is 1. The minimum Gasteiger partial charge on any atom is -0.389 e. The summed E-state index contributed by atoms with van der Waals surface area (Å²) in [6.45, 7) is 6.82. The third-order valence-electron chi connectivity index (χ3n) is 5.56. The van der Waals surface area contributed by atoms with Crippen molar-refractivity contribution >= 4 is 0 Å². The molecule has 1 aromatic rings. The topological polar surface area (TPSA) is 46.2 Å². The van der Waals surface area contributed by atoms with E-state index in [0.29, 0.717) is 6.54 Å². The number of aryl methyl sites for hydroxylation is 1. The second-order valence-electron chi connectivity index (χ2n) is 6.39. The van der Waals surface area contributed by atoms with Crippen molar-refractivity contribution in [3.05, 3.63) is 35.4 Å². The molecular formula is C17H27NO. The Labute approximate surface area is 117 Å². The lowest BCUT2D eigenvalue weighted by atomic mass is 9.58. The van der Waals surface area contributed by atoms with Crippen molar-refractivity contribution in [2.45, 2.75) is 52.1 Å². The largest absolute Gasteiger partial charge is 0.389 e. The first kappa shape index (κ1) is 14.5. The van der Waals surface area contributed by atoms with E-state index in [1.807, 2.05) is 6.92 Å². The fourth-order valence-electron chi connectivity index (χ4n) is 3.53. The lowest BCUT2D eigenvalue weighted by Gasteiger charge is -2.50. The van der Waals surface area contributed by atoms with Gasteiger partial charge in [-0.2, -0.15) is 0 Å². The first-order valence-corrected chi connectivity index (χ1v) is 7.46. The normalized spacial score (nSPS) is 27.4. The van der Waals surface area contributed by atoms with Crippen molar-refractivity contribution in [2.75, 3.05) is 6.54 Å². The van der Waals surface area contributed by atoms with E-state index in [2.05, 4.69) is 38.1 Å². The fourth-order valence-corrected chi connectivity index (χ4v) is 3.53. The lowest BCUT2D eigenvalue weighted by molar-refractivity contribution is -0.112. The highest BCUT2D eigenvalue weighted by molar-refractivity contribution is 5.32. The second-order valence-corrected chi connectivity index (χ2v) is 6.39. The Morgan fingerprint density at radius 1 is 1.37 bits per heavy atom. The van der Waals surface area contributed by atoms with E-state index < -0.39 is 5.60 Å². The molecule has 3 atom stereocenters. The van der Waals surface area contributed by atoms with Crippen LogP contribution >= 0.6 is 0 Å². The predicted octanol–water partition coefficient (Wildman–Crippen LogP) is 2.92. The molecule has 0 spiro atoms. The van der Waals surface area contributed by atoms with Gasteiger partial charge in [-0.25, -0.2) is 0 Å². The van der Waals surface area contributed by atoms with Gasteiger partial charge in [0.1, 0.15) is 0 Å². The first-order chi connectivity index (χ1) is 8.97. The van der Waals surface area contributed by atoms with Gasteiger partial charge in [-0.05, 0) is 43.2 Å². The Bertz CT molecular complexity index is 441. The molecule has 0 radical (unpaired) electrons. The van der Waals surface area contributed by atoms with Crippen LogP contribution in [-0.4, -0.2) is 17.3 Å². The van der Waals surface area contributed by atoms with Crippen LogP contribution in [0.15, 0.2) is 24.3 Å². The van der Waals surface area contributed by atoms with Gasteiger partial charge in [-0.3, -0.25) is 0 Å². The fraction of sp³-hybridized carbons (Fsp3) is 0.647. The number of rotatable bonds is 4. The number of hydrogen-bond donors (Lipinski definition) is 2. The Morgan fingerprint density at radius 3 is 2.58 bits per heavy atom. The standard InChI is InChI=1S/C17H27NO/c1-4-13(2)16(3,19)17(12-18)10-9-14-7-5-6-8-15(14)11-17/h5-8,13,19H,4,9-12,18H2,1-3H3. The molecule has 2 nitrogen and oxygen atoms in total. The molecule has 0 aromatic heterocycles. The Hall–Kier alpha value is -0.860. The summed E-state index contributed by atoms with van der Waals surface area (Å²) >= 11 is 0. The molecule has 2 heteroatoms. The summed E-state index contributed by atoms with van der Waals surface area (Å²) in [5.74, 6) is 0.265. The van der Waals surface area contributed by atoms with Crippen molar-refractivity contribution in [3.63, 3.8) is 0 Å². The smallest absolute Gasteiger partial charge is 0.0716 e. The number of hydrogen-bond acceptors (Lipinski definition) is 2. The van der Waals surface area contributed by atoms with E-state index in [4.69, 9.17) is 5.73 Å². The van der Waals surface area contributed by atoms with Gasteiger partial charge in [0.2, 0.25) is 0 Å². The number of benzene rings is 1. The average Bonchev–Trinajstić information content (AvgIpc) is 2.45. The molecular weight excluding hydrogens is 234 g/mol. The highest BCUT2D eigenvalue weighted by atomic mass is 16.3. The van der Waals surface area contributed by atoms with Crippen molar-refractivity contribution in [2.24, 2.45) is 17.1 Å². The minimum atomic E-state index is -0.704. The second kappa shape index (κ2) is 5.26. The molecule has 0 aliphatic heterocycles. The van der Waals surface area contributed by atoms with Crippen LogP contribution in [0.5, 0.6) is 0 Å². The van der Waals surface area contributed by atoms with Crippen LogP contribution in [0.3, 0.4) is 0 Å². The number of aliphatic hydroxyl groups is 1. The average molecular weight is 261 g/mol. The summed E-state index contributed by atoms with van der Waals surface area (Å²) in [4.78, 5) is 0. The van der Waals surface area contributed by atoms with E-state index >= 15 is 0 Å². The van der Waals surface area contributed by atoms with Crippen molar-refractivity contribution in [3.8, 4) is 0 Å². The third kappa shape index (κ3) is 2.32. The molecule has 106 valence electrons. The molecule has 0 fully saturated rings. The maximum absolute atomic E-state index is 11.1. The predicted molar refractivity (Wildman–Crippen MR) is 80.0 cm³/mol. The van der Waals surface area contributed by atoms with Crippen LogP contribution in [-0.2, 0) is 12.8 Å². The maximum Gasteiger partial charge on any atom is 0.0716 e. The summed E-state index contributed by atoms with van der Waals surface area (Å²) in [6.07, 6.45) is 3.89. The highest BCUT2D eigenvalue weighted by Gasteiger charge is 2.49. The lowest BCUT2D eigenvalue weighted by Crippen LogP contribution is -2.57. The van der Waals surface area contributed by atoms with Gasteiger partial charge in [0.05, 0.1) is 5.60 Å². The Kier molecular flexibility index (Phi) is 4.03. The van der Waals surface area contributed by atoms with Gasteiger partial charge in [0.25, 0.3) is 0 Å². The molecule has 1 aromatic carbocycles. The molecule has 1 aliphatic carbocycles. The van der Waals surface area contributed by atoms with Crippen LogP contribution in [0, 0.1) is 11.3 Å². The zero-order chi connectivity index (χ0) is 14.1. The Balaban J connectivity index is 2.36. The van der Waals surface area contributed by atoms with Gasteiger partial charge >= 0.3 is 0 Å². The van der Waals surface area contributed by atoms with E-state index in [1.54, 1.807) is 0 Å². The van der Waals surface area contributed by atoms with Gasteiger partial charge in [-0.1, -0.05) is 44.5 Å².